The van der Waals surface area contributed by atoms with Crippen molar-refractivity contribution in [2.24, 2.45) is 0 Å². The zero-order valence-corrected chi connectivity index (χ0v) is 18.2. The van der Waals surface area contributed by atoms with Crippen molar-refractivity contribution in [3.63, 3.8) is 0 Å². The molecular formula is C23H19F4N5O2. The molecule has 176 valence electrons. The number of amides is 1. The monoisotopic (exact) mass is 473 g/mol. The highest BCUT2D eigenvalue weighted by atomic mass is 19.4. The van der Waals surface area contributed by atoms with Gasteiger partial charge in [0.05, 0.1) is 34.4 Å². The summed E-state index contributed by atoms with van der Waals surface area (Å²) in [5.41, 5.74) is 6.61. The minimum atomic E-state index is -4.51. The van der Waals surface area contributed by atoms with Gasteiger partial charge in [-0.1, -0.05) is 6.07 Å². The smallest absolute Gasteiger partial charge is 0.416 e. The number of nitrogens with zero attached hydrogens (tertiary/aromatic N) is 4. The highest BCUT2D eigenvalue weighted by Gasteiger charge is 2.37. The Morgan fingerprint density at radius 1 is 1.26 bits per heavy atom. The van der Waals surface area contributed by atoms with Crippen molar-refractivity contribution >= 4 is 28.3 Å². The molecule has 1 aliphatic rings. The number of likely N-dealkylation sites (N-methyl/N-ethyl adjacent to an activating group) is 1. The molecule has 3 heterocycles. The number of anilines is 1. The number of alkyl halides is 3. The molecule has 2 aromatic carbocycles. The van der Waals surface area contributed by atoms with Crippen LogP contribution in [0.5, 0.6) is 5.75 Å². The van der Waals surface area contributed by atoms with Gasteiger partial charge in [-0.3, -0.25) is 9.20 Å². The first-order valence-electron chi connectivity index (χ1n) is 10.5. The molecule has 2 aromatic heterocycles. The number of carbonyl (C=O) groups is 1. The lowest BCUT2D eigenvalue weighted by Crippen LogP contribution is -2.36. The number of halogens is 4. The van der Waals surface area contributed by atoms with Crippen LogP contribution in [0.3, 0.4) is 0 Å². The van der Waals surface area contributed by atoms with Gasteiger partial charge in [0.2, 0.25) is 0 Å². The largest absolute Gasteiger partial charge is 0.491 e. The van der Waals surface area contributed by atoms with E-state index in [9.17, 15) is 18.0 Å². The molecule has 4 aromatic rings. The van der Waals surface area contributed by atoms with E-state index in [4.69, 9.17) is 10.5 Å². The van der Waals surface area contributed by atoms with E-state index in [-0.39, 0.29) is 35.8 Å². The Bertz CT molecular complexity index is 1460. The molecule has 0 saturated carbocycles. The van der Waals surface area contributed by atoms with E-state index in [0.29, 0.717) is 22.4 Å². The molecule has 1 atom stereocenters. The minimum Gasteiger partial charge on any atom is -0.491 e. The van der Waals surface area contributed by atoms with Crippen LogP contribution in [-0.2, 0) is 6.18 Å². The summed E-state index contributed by atoms with van der Waals surface area (Å²) < 4.78 is 61.4. The van der Waals surface area contributed by atoms with Crippen molar-refractivity contribution in [1.82, 2.24) is 19.3 Å². The number of ether oxygens (including phenoxy) is 1. The number of nitrogen functional groups attached to an aromatic ring is 1. The Morgan fingerprint density at radius 2 is 2.03 bits per heavy atom. The second-order valence-corrected chi connectivity index (χ2v) is 8.01. The normalized spacial score (nSPS) is 15.5. The van der Waals surface area contributed by atoms with Crippen LogP contribution in [0, 0.1) is 12.7 Å². The number of hydrogen-bond acceptors (Lipinski definition) is 5. The Kier molecular flexibility index (Phi) is 4.88. The quantitative estimate of drug-likeness (QED) is 0.442. The zero-order valence-electron chi connectivity index (χ0n) is 18.2. The van der Waals surface area contributed by atoms with E-state index in [2.05, 4.69) is 9.97 Å². The van der Waals surface area contributed by atoms with Gasteiger partial charge in [-0.2, -0.15) is 13.2 Å². The number of aromatic nitrogens is 3. The highest BCUT2D eigenvalue weighted by molar-refractivity contribution is 5.99. The van der Waals surface area contributed by atoms with E-state index in [1.165, 1.54) is 17.0 Å². The Balaban J connectivity index is 1.57. The second kappa shape index (κ2) is 7.57. The van der Waals surface area contributed by atoms with Gasteiger partial charge in [0.1, 0.15) is 35.3 Å². The Hall–Kier alpha value is -3.89. The molecular weight excluding hydrogens is 454 g/mol. The molecule has 1 unspecified atom stereocenters. The standard InChI is InChI=1S/C23H19F4N5O2/c1-3-31(19-10-34-20-6-12(23(25,26)27)4-5-13(19)20)22(33)14-7-17-16(8-15(14)24)30-21(28)18-9-29-11(2)32(17)18/h4-9,19H,3,10H2,1-2H3,(H2,28,30). The topological polar surface area (TPSA) is 85.8 Å². The van der Waals surface area contributed by atoms with E-state index in [1.807, 2.05) is 0 Å². The van der Waals surface area contributed by atoms with Crippen LogP contribution in [-0.4, -0.2) is 38.3 Å². The maximum atomic E-state index is 15.1. The molecule has 7 nitrogen and oxygen atoms in total. The van der Waals surface area contributed by atoms with Crippen LogP contribution in [0.1, 0.15) is 40.3 Å². The number of carbonyl (C=O) groups excluding carboxylic acids is 1. The molecule has 34 heavy (non-hydrogen) atoms. The SMILES string of the molecule is CCN(C(=O)c1cc2c(cc1F)nc(N)c1cnc(C)n12)C1COc2cc(C(F)(F)F)ccc21. The first-order valence-corrected chi connectivity index (χ1v) is 10.5. The van der Waals surface area contributed by atoms with Gasteiger partial charge in [-0.05, 0) is 32.0 Å². The van der Waals surface area contributed by atoms with E-state index >= 15 is 4.39 Å². The van der Waals surface area contributed by atoms with Crippen molar-refractivity contribution in [3.8, 4) is 5.75 Å². The predicted molar refractivity (Wildman–Crippen MR) is 116 cm³/mol. The fraction of sp³-hybridized carbons (Fsp3) is 0.261. The predicted octanol–water partition coefficient (Wildman–Crippen LogP) is 4.53. The summed E-state index contributed by atoms with van der Waals surface area (Å²) in [7, 11) is 0. The number of hydrogen-bond donors (Lipinski definition) is 1. The summed E-state index contributed by atoms with van der Waals surface area (Å²) >= 11 is 0. The fourth-order valence-corrected chi connectivity index (χ4v) is 4.39. The lowest BCUT2D eigenvalue weighted by atomic mass is 10.0. The zero-order chi connectivity index (χ0) is 24.4. The molecule has 2 N–H and O–H groups in total. The Labute approximate surface area is 190 Å². The van der Waals surface area contributed by atoms with Crippen molar-refractivity contribution < 1.29 is 27.1 Å². The third kappa shape index (κ3) is 3.30. The molecule has 0 radical (unpaired) electrons. The summed E-state index contributed by atoms with van der Waals surface area (Å²) in [5.74, 6) is -0.581. The minimum absolute atomic E-state index is 0.0333. The molecule has 1 aliphatic heterocycles. The van der Waals surface area contributed by atoms with Crippen molar-refractivity contribution in [2.45, 2.75) is 26.1 Å². The molecule has 5 rings (SSSR count). The number of nitrogens with two attached hydrogens (primary N) is 1. The molecule has 0 fully saturated rings. The van der Waals surface area contributed by atoms with Crippen LogP contribution in [0.15, 0.2) is 36.5 Å². The van der Waals surface area contributed by atoms with Crippen molar-refractivity contribution in [1.29, 1.82) is 0 Å². The first kappa shape index (κ1) is 21.9. The van der Waals surface area contributed by atoms with E-state index < -0.39 is 29.5 Å². The highest BCUT2D eigenvalue weighted by Crippen LogP contribution is 2.41. The van der Waals surface area contributed by atoms with Crippen molar-refractivity contribution in [3.05, 3.63) is 64.9 Å². The van der Waals surface area contributed by atoms with Gasteiger partial charge >= 0.3 is 6.18 Å². The van der Waals surface area contributed by atoms with Crippen molar-refractivity contribution in [2.75, 3.05) is 18.9 Å². The average molecular weight is 473 g/mol. The second-order valence-electron chi connectivity index (χ2n) is 8.01. The Morgan fingerprint density at radius 3 is 2.74 bits per heavy atom. The van der Waals surface area contributed by atoms with Crippen LogP contribution in [0.25, 0.3) is 16.6 Å². The van der Waals surface area contributed by atoms with Gasteiger partial charge in [-0.15, -0.1) is 0 Å². The van der Waals surface area contributed by atoms with Gasteiger partial charge in [0, 0.05) is 18.2 Å². The van der Waals surface area contributed by atoms with Gasteiger partial charge in [0.15, 0.2) is 0 Å². The fourth-order valence-electron chi connectivity index (χ4n) is 4.39. The molecule has 11 heteroatoms. The summed E-state index contributed by atoms with van der Waals surface area (Å²) in [5, 5.41) is 0. The number of fused-ring (bicyclic) bond motifs is 4. The third-order valence-corrected chi connectivity index (χ3v) is 6.05. The molecule has 1 amide bonds. The van der Waals surface area contributed by atoms with Gasteiger partial charge in [-0.25, -0.2) is 14.4 Å². The maximum Gasteiger partial charge on any atom is 0.416 e. The van der Waals surface area contributed by atoms with Crippen LogP contribution in [0.4, 0.5) is 23.4 Å². The van der Waals surface area contributed by atoms with Crippen LogP contribution >= 0.6 is 0 Å². The number of benzene rings is 2. The summed E-state index contributed by atoms with van der Waals surface area (Å²) in [6.07, 6.45) is -2.97. The molecule has 0 aliphatic carbocycles. The first-order chi connectivity index (χ1) is 16.1. The summed E-state index contributed by atoms with van der Waals surface area (Å²) in [4.78, 5) is 23.3. The number of aryl methyl sites for hydroxylation is 1. The van der Waals surface area contributed by atoms with E-state index in [1.54, 1.807) is 24.4 Å². The third-order valence-electron chi connectivity index (χ3n) is 6.05. The number of imidazole rings is 1. The van der Waals surface area contributed by atoms with E-state index in [0.717, 1.165) is 18.2 Å². The van der Waals surface area contributed by atoms with Gasteiger partial charge < -0.3 is 15.4 Å². The molecule has 0 saturated heterocycles. The number of rotatable bonds is 3. The van der Waals surface area contributed by atoms with Crippen LogP contribution < -0.4 is 10.5 Å². The maximum absolute atomic E-state index is 15.1. The lowest BCUT2D eigenvalue weighted by Gasteiger charge is -2.27. The molecule has 0 bridgehead atoms. The summed E-state index contributed by atoms with van der Waals surface area (Å²) in [6.45, 7) is 3.61. The lowest BCUT2D eigenvalue weighted by molar-refractivity contribution is -0.137. The summed E-state index contributed by atoms with van der Waals surface area (Å²) in [6, 6.07) is 5.04. The average Bonchev–Trinajstić information content (AvgIpc) is 3.37. The molecule has 0 spiro atoms. The van der Waals surface area contributed by atoms with Gasteiger partial charge in [0.25, 0.3) is 5.91 Å². The van der Waals surface area contributed by atoms with Crippen LogP contribution in [0.2, 0.25) is 0 Å².